The first-order chi connectivity index (χ1) is 9.56. The third-order valence-corrected chi connectivity index (χ3v) is 3.12. The Morgan fingerprint density at radius 2 is 1.85 bits per heavy atom. The lowest BCUT2D eigenvalue weighted by molar-refractivity contribution is 0.415. The number of benzene rings is 1. The van der Waals surface area contributed by atoms with Gasteiger partial charge in [0.15, 0.2) is 11.6 Å². The van der Waals surface area contributed by atoms with Crippen molar-refractivity contribution in [2.45, 2.75) is 0 Å². The van der Waals surface area contributed by atoms with Gasteiger partial charge >= 0.3 is 0 Å². The van der Waals surface area contributed by atoms with Gasteiger partial charge in [0.2, 0.25) is 5.75 Å². The van der Waals surface area contributed by atoms with E-state index in [9.17, 15) is 8.78 Å². The van der Waals surface area contributed by atoms with Crippen LogP contribution < -0.4 is 15.4 Å². The van der Waals surface area contributed by atoms with E-state index in [-0.39, 0.29) is 16.0 Å². The number of methoxy groups -OCH3 is 1. The molecule has 1 aromatic heterocycles. The van der Waals surface area contributed by atoms with Crippen molar-refractivity contribution in [2.75, 3.05) is 24.8 Å². The third-order valence-electron chi connectivity index (χ3n) is 2.51. The molecule has 106 valence electrons. The molecule has 0 aliphatic rings. The molecular formula is C12H11BrF2N4O. The van der Waals surface area contributed by atoms with Crippen molar-refractivity contribution in [1.29, 1.82) is 0 Å². The Kier molecular flexibility index (Phi) is 4.33. The van der Waals surface area contributed by atoms with Gasteiger partial charge in [-0.05, 0) is 22.0 Å². The van der Waals surface area contributed by atoms with E-state index in [4.69, 9.17) is 4.74 Å². The molecule has 0 aliphatic heterocycles. The summed E-state index contributed by atoms with van der Waals surface area (Å²) in [7, 11) is 3.09. The number of aromatic nitrogens is 2. The van der Waals surface area contributed by atoms with Crippen LogP contribution >= 0.6 is 15.9 Å². The van der Waals surface area contributed by atoms with E-state index in [0.29, 0.717) is 11.6 Å². The number of nitrogens with one attached hydrogen (secondary N) is 2. The Balaban J connectivity index is 2.42. The van der Waals surface area contributed by atoms with E-state index in [1.165, 1.54) is 13.4 Å². The molecule has 2 aromatic rings. The van der Waals surface area contributed by atoms with Crippen molar-refractivity contribution in [3.05, 3.63) is 34.6 Å². The molecule has 1 aromatic carbocycles. The molecule has 0 amide bonds. The van der Waals surface area contributed by atoms with Gasteiger partial charge in [-0.3, -0.25) is 0 Å². The van der Waals surface area contributed by atoms with Crippen LogP contribution in [0, 0.1) is 11.6 Å². The molecule has 0 unspecified atom stereocenters. The van der Waals surface area contributed by atoms with Crippen LogP contribution in [0.1, 0.15) is 0 Å². The quantitative estimate of drug-likeness (QED) is 0.833. The van der Waals surface area contributed by atoms with Crippen LogP contribution in [0.3, 0.4) is 0 Å². The van der Waals surface area contributed by atoms with E-state index in [1.54, 1.807) is 7.05 Å². The molecule has 0 atom stereocenters. The molecule has 0 bridgehead atoms. The molecule has 2 N–H and O–H groups in total. The maximum absolute atomic E-state index is 13.8. The molecule has 0 saturated heterocycles. The molecule has 2 rings (SSSR count). The van der Waals surface area contributed by atoms with E-state index in [1.807, 2.05) is 0 Å². The van der Waals surface area contributed by atoms with E-state index in [2.05, 4.69) is 36.5 Å². The van der Waals surface area contributed by atoms with Gasteiger partial charge in [-0.15, -0.1) is 0 Å². The summed E-state index contributed by atoms with van der Waals surface area (Å²) in [6.07, 6.45) is 1.28. The summed E-state index contributed by atoms with van der Waals surface area (Å²) in [4.78, 5) is 7.92. The number of hydrogen-bond acceptors (Lipinski definition) is 5. The Morgan fingerprint density at radius 3 is 2.50 bits per heavy atom. The lowest BCUT2D eigenvalue weighted by Crippen LogP contribution is -2.04. The monoisotopic (exact) mass is 344 g/mol. The van der Waals surface area contributed by atoms with E-state index < -0.39 is 11.6 Å². The Labute approximate surface area is 122 Å². The highest BCUT2D eigenvalue weighted by atomic mass is 79.9. The lowest BCUT2D eigenvalue weighted by atomic mass is 10.3. The predicted octanol–water partition coefficient (Wildman–Crippen LogP) is 3.31. The molecule has 20 heavy (non-hydrogen) atoms. The molecule has 0 aliphatic carbocycles. The van der Waals surface area contributed by atoms with Crippen molar-refractivity contribution >= 4 is 33.3 Å². The standard InChI is InChI=1S/C12H11BrF2N4O/c1-16-11-10(20-2)12(18-5-17-11)19-9-4-7(14)6(13)3-8(9)15/h3-5H,1-2H3,(H2,16,17,18,19). The first-order valence-electron chi connectivity index (χ1n) is 5.55. The molecule has 0 spiro atoms. The van der Waals surface area contributed by atoms with Gasteiger partial charge in [0.1, 0.15) is 18.0 Å². The summed E-state index contributed by atoms with van der Waals surface area (Å²) in [6.45, 7) is 0. The van der Waals surface area contributed by atoms with Crippen molar-refractivity contribution in [3.63, 3.8) is 0 Å². The Morgan fingerprint density at radius 1 is 1.15 bits per heavy atom. The molecular weight excluding hydrogens is 334 g/mol. The van der Waals surface area contributed by atoms with Crippen molar-refractivity contribution < 1.29 is 13.5 Å². The fourth-order valence-corrected chi connectivity index (χ4v) is 1.90. The van der Waals surface area contributed by atoms with Crippen LogP contribution in [0.2, 0.25) is 0 Å². The fraction of sp³-hybridized carbons (Fsp3) is 0.167. The van der Waals surface area contributed by atoms with Gasteiger partial charge in [0, 0.05) is 13.1 Å². The van der Waals surface area contributed by atoms with Gasteiger partial charge in [0.25, 0.3) is 0 Å². The van der Waals surface area contributed by atoms with Gasteiger partial charge < -0.3 is 15.4 Å². The average Bonchev–Trinajstić information content (AvgIpc) is 2.44. The van der Waals surface area contributed by atoms with E-state index in [0.717, 1.165) is 12.1 Å². The predicted molar refractivity (Wildman–Crippen MR) is 75.5 cm³/mol. The van der Waals surface area contributed by atoms with Gasteiger partial charge in [-0.2, -0.15) is 0 Å². The number of halogens is 3. The second-order valence-electron chi connectivity index (χ2n) is 3.73. The van der Waals surface area contributed by atoms with Crippen LogP contribution in [0.25, 0.3) is 0 Å². The first-order valence-corrected chi connectivity index (χ1v) is 6.34. The van der Waals surface area contributed by atoms with Crippen molar-refractivity contribution in [3.8, 4) is 5.75 Å². The second kappa shape index (κ2) is 6.00. The average molecular weight is 345 g/mol. The SMILES string of the molecule is CNc1ncnc(Nc2cc(F)c(Br)cc2F)c1OC. The zero-order valence-corrected chi connectivity index (χ0v) is 12.3. The molecule has 0 fully saturated rings. The van der Waals surface area contributed by atoms with Crippen LogP contribution in [-0.4, -0.2) is 24.1 Å². The summed E-state index contributed by atoms with van der Waals surface area (Å²) >= 11 is 2.91. The second-order valence-corrected chi connectivity index (χ2v) is 4.58. The van der Waals surface area contributed by atoms with Crippen LogP contribution in [0.4, 0.5) is 26.1 Å². The highest BCUT2D eigenvalue weighted by Gasteiger charge is 2.14. The molecule has 1 heterocycles. The zero-order valence-electron chi connectivity index (χ0n) is 10.7. The number of hydrogen-bond donors (Lipinski definition) is 2. The van der Waals surface area contributed by atoms with Crippen LogP contribution in [0.15, 0.2) is 22.9 Å². The summed E-state index contributed by atoms with van der Waals surface area (Å²) < 4.78 is 32.4. The molecule has 0 saturated carbocycles. The molecule has 0 radical (unpaired) electrons. The first kappa shape index (κ1) is 14.4. The Bertz CT molecular complexity index is 639. The number of ether oxygens (including phenoxy) is 1. The third kappa shape index (κ3) is 2.79. The summed E-state index contributed by atoms with van der Waals surface area (Å²) in [6, 6.07) is 2.06. The van der Waals surface area contributed by atoms with Crippen LogP contribution in [-0.2, 0) is 0 Å². The van der Waals surface area contributed by atoms with Gasteiger partial charge in [-0.1, -0.05) is 0 Å². The van der Waals surface area contributed by atoms with Gasteiger partial charge in [0.05, 0.1) is 17.3 Å². The minimum absolute atomic E-state index is 0.0473. The van der Waals surface area contributed by atoms with Crippen molar-refractivity contribution in [2.24, 2.45) is 0 Å². The number of nitrogens with zero attached hydrogens (tertiary/aromatic N) is 2. The minimum atomic E-state index is -0.620. The van der Waals surface area contributed by atoms with Gasteiger partial charge in [-0.25, -0.2) is 18.7 Å². The number of anilines is 3. The molecule has 8 heteroatoms. The zero-order chi connectivity index (χ0) is 14.7. The smallest absolute Gasteiger partial charge is 0.204 e. The number of rotatable bonds is 4. The summed E-state index contributed by atoms with van der Waals surface area (Å²) in [5.74, 6) is -0.242. The summed E-state index contributed by atoms with van der Waals surface area (Å²) in [5, 5.41) is 5.50. The topological polar surface area (TPSA) is 59.1 Å². The van der Waals surface area contributed by atoms with Crippen LogP contribution in [0.5, 0.6) is 5.75 Å². The fourth-order valence-electron chi connectivity index (χ4n) is 1.58. The molecule has 5 nitrogen and oxygen atoms in total. The summed E-state index contributed by atoms with van der Waals surface area (Å²) in [5.41, 5.74) is -0.0512. The minimum Gasteiger partial charge on any atom is -0.490 e. The maximum atomic E-state index is 13.8. The normalized spacial score (nSPS) is 10.2. The largest absolute Gasteiger partial charge is 0.490 e. The lowest BCUT2D eigenvalue weighted by Gasteiger charge is -2.13. The highest BCUT2D eigenvalue weighted by molar-refractivity contribution is 9.10. The van der Waals surface area contributed by atoms with Crippen molar-refractivity contribution in [1.82, 2.24) is 9.97 Å². The van der Waals surface area contributed by atoms with E-state index >= 15 is 0 Å². The maximum Gasteiger partial charge on any atom is 0.204 e. The highest BCUT2D eigenvalue weighted by Crippen LogP contribution is 2.32. The Hall–Kier alpha value is -1.96.